The van der Waals surface area contributed by atoms with Crippen LogP contribution in [-0.2, 0) is 9.67 Å². The Morgan fingerprint density at radius 3 is 1.67 bits per heavy atom. The van der Waals surface area contributed by atoms with E-state index in [1.165, 1.54) is 0 Å². The third-order valence-electron chi connectivity index (χ3n) is 0.168. The van der Waals surface area contributed by atoms with Crippen LogP contribution in [0.4, 0.5) is 0 Å². The van der Waals surface area contributed by atoms with Gasteiger partial charge in [0.15, 0.2) is 6.35 Å². The van der Waals surface area contributed by atoms with E-state index in [0.29, 0.717) is 0 Å². The topological polar surface area (TPSA) is 77.4 Å². The maximum atomic E-state index is 9.38. The molecule has 0 aromatic carbocycles. The van der Waals surface area contributed by atoms with Crippen LogP contribution in [-0.4, -0.2) is 16.1 Å². The van der Waals surface area contributed by atoms with Crippen molar-refractivity contribution in [3.05, 3.63) is 0 Å². The normalized spacial score (nSPS) is 11.8. The van der Waals surface area contributed by atoms with Crippen LogP contribution < -0.4 is 0 Å². The second kappa shape index (κ2) is 1.71. The van der Waals surface area contributed by atoms with E-state index in [4.69, 9.17) is 9.79 Å². The van der Waals surface area contributed by atoms with Crippen molar-refractivity contribution in [3.8, 4) is 0 Å². The molecule has 1 radical (unpaired) electrons. The van der Waals surface area contributed by atoms with Crippen molar-refractivity contribution in [1.82, 2.24) is 0 Å². The van der Waals surface area contributed by atoms with E-state index in [1.54, 1.807) is 0 Å². The summed E-state index contributed by atoms with van der Waals surface area (Å²) in [4.78, 5) is 15.2. The lowest BCUT2D eigenvalue weighted by Crippen LogP contribution is -1.79. The van der Waals surface area contributed by atoms with Gasteiger partial charge in [0.05, 0.1) is 0 Å². The van der Waals surface area contributed by atoms with E-state index in [2.05, 4.69) is 0 Å². The van der Waals surface area contributed by atoms with Crippen molar-refractivity contribution in [1.29, 1.82) is 0 Å². The van der Waals surface area contributed by atoms with Gasteiger partial charge in [0.2, 0.25) is 0 Å². The molecule has 0 aliphatic carbocycles. The molecule has 0 amide bonds. The Balaban J connectivity index is 3.48. The minimum atomic E-state index is -4.20. The molecule has 4 nitrogen and oxygen atoms in total. The molecule has 0 aromatic heterocycles. The lowest BCUT2D eigenvalue weighted by Gasteiger charge is -1.90. The van der Waals surface area contributed by atoms with Crippen LogP contribution in [0, 0.1) is 0 Å². The van der Waals surface area contributed by atoms with E-state index in [9.17, 15) is 9.67 Å². The van der Waals surface area contributed by atoms with Gasteiger partial charge in [-0.05, 0) is 0 Å². The Kier molecular flexibility index (Phi) is 1.74. The molecule has 0 atom stereocenters. The second-order valence-electron chi connectivity index (χ2n) is 0.794. The van der Waals surface area contributed by atoms with Gasteiger partial charge in [0.25, 0.3) is 0 Å². The van der Waals surface area contributed by atoms with Gasteiger partial charge in [0, 0.05) is 0 Å². The summed E-state index contributed by atoms with van der Waals surface area (Å²) in [5.41, 5.74) is 0. The van der Waals surface area contributed by atoms with E-state index in [-0.39, 0.29) is 0 Å². The fourth-order valence-corrected chi connectivity index (χ4v) is 0. The summed E-state index contributed by atoms with van der Waals surface area (Å²) in [5, 5.41) is 9.19. The SMILES string of the molecule is [O]CP(=O)(O)O. The lowest BCUT2D eigenvalue weighted by atomic mass is 11.7. The van der Waals surface area contributed by atoms with Crippen LogP contribution in [0.15, 0.2) is 0 Å². The summed E-state index contributed by atoms with van der Waals surface area (Å²) in [5.74, 6) is 0. The predicted molar refractivity (Wildman–Crippen MR) is 17.6 cm³/mol. The maximum absolute atomic E-state index is 9.38. The molecule has 0 aromatic rings. The minimum absolute atomic E-state index is 1.31. The van der Waals surface area contributed by atoms with Crippen LogP contribution in [0.5, 0.6) is 0 Å². The zero-order chi connectivity index (χ0) is 5.21. The first-order chi connectivity index (χ1) is 2.56. The van der Waals surface area contributed by atoms with Gasteiger partial charge in [-0.2, -0.15) is 0 Å². The highest BCUT2D eigenvalue weighted by atomic mass is 31.2. The highest BCUT2D eigenvalue weighted by molar-refractivity contribution is 7.51. The molecule has 0 bridgehead atoms. The first-order valence-electron chi connectivity index (χ1n) is 1.19. The second-order valence-corrected chi connectivity index (χ2v) is 2.38. The van der Waals surface area contributed by atoms with E-state index < -0.39 is 13.9 Å². The predicted octanol–water partition coefficient (Wildman–Crippen LogP) is -0.448. The third kappa shape index (κ3) is 4.11. The zero-order valence-corrected chi connectivity index (χ0v) is 3.76. The van der Waals surface area contributed by atoms with Crippen LogP contribution in [0.1, 0.15) is 0 Å². The third-order valence-corrected chi connectivity index (χ3v) is 0.505. The molecule has 0 unspecified atom stereocenters. The first kappa shape index (κ1) is 6.11. The van der Waals surface area contributed by atoms with E-state index in [1.807, 2.05) is 0 Å². The van der Waals surface area contributed by atoms with Crippen molar-refractivity contribution in [2.45, 2.75) is 0 Å². The molecule has 2 N–H and O–H groups in total. The fraction of sp³-hybridized carbons (Fsp3) is 1.00. The van der Waals surface area contributed by atoms with Gasteiger partial charge < -0.3 is 9.79 Å². The molecule has 0 spiro atoms. The Morgan fingerprint density at radius 1 is 1.50 bits per heavy atom. The van der Waals surface area contributed by atoms with Gasteiger partial charge in [0.1, 0.15) is 0 Å². The van der Waals surface area contributed by atoms with E-state index >= 15 is 0 Å². The molecule has 37 valence electrons. The average molecular weight is 111 g/mol. The Bertz CT molecular complexity index is 71.6. The van der Waals surface area contributed by atoms with Crippen molar-refractivity contribution in [3.63, 3.8) is 0 Å². The van der Waals surface area contributed by atoms with Gasteiger partial charge in [-0.3, -0.25) is 4.57 Å². The van der Waals surface area contributed by atoms with Crippen molar-refractivity contribution in [2.24, 2.45) is 0 Å². The molecule has 0 fully saturated rings. The Labute approximate surface area is 34.6 Å². The molecule has 0 rings (SSSR count). The molecule has 0 saturated heterocycles. The summed E-state index contributed by atoms with van der Waals surface area (Å²) >= 11 is 0. The zero-order valence-electron chi connectivity index (χ0n) is 2.87. The highest BCUT2D eigenvalue weighted by Crippen LogP contribution is 2.31. The standard InChI is InChI=1S/CH4O4P/c2-1-6(3,4)5/h1H2,(H2,3,4,5). The van der Waals surface area contributed by atoms with Crippen molar-refractivity contribution < 1.29 is 19.5 Å². The fourth-order valence-electron chi connectivity index (χ4n) is 0. The summed E-state index contributed by atoms with van der Waals surface area (Å²) in [7, 11) is -4.20. The molecular weight excluding hydrogens is 107 g/mol. The van der Waals surface area contributed by atoms with Crippen LogP contribution in [0.25, 0.3) is 0 Å². The summed E-state index contributed by atoms with van der Waals surface area (Å²) in [6, 6.07) is 0. The van der Waals surface area contributed by atoms with Crippen molar-refractivity contribution >= 4 is 7.60 Å². The van der Waals surface area contributed by atoms with Crippen LogP contribution >= 0.6 is 7.60 Å². The Morgan fingerprint density at radius 2 is 1.67 bits per heavy atom. The first-order valence-corrected chi connectivity index (χ1v) is 2.99. The monoisotopic (exact) mass is 111 g/mol. The quantitative estimate of drug-likeness (QED) is 0.450. The van der Waals surface area contributed by atoms with Gasteiger partial charge in [-0.1, -0.05) is 0 Å². The Hall–Kier alpha value is 0.110. The highest BCUT2D eigenvalue weighted by Gasteiger charge is 2.08. The molecule has 0 aliphatic heterocycles. The molecule has 0 aliphatic rings. The molecule has 6 heavy (non-hydrogen) atoms. The maximum Gasteiger partial charge on any atom is 0.354 e. The number of hydrogen-bond acceptors (Lipinski definition) is 1. The summed E-state index contributed by atoms with van der Waals surface area (Å²) in [6.07, 6.45) is -1.31. The smallest absolute Gasteiger partial charge is 0.323 e. The van der Waals surface area contributed by atoms with Gasteiger partial charge in [-0.25, -0.2) is 5.11 Å². The average Bonchev–Trinajstić information content (AvgIpc) is 1.35. The lowest BCUT2D eigenvalue weighted by molar-refractivity contribution is 0.214. The number of rotatable bonds is 1. The molecule has 0 saturated carbocycles. The minimum Gasteiger partial charge on any atom is -0.323 e. The molecule has 5 heteroatoms. The van der Waals surface area contributed by atoms with Gasteiger partial charge >= 0.3 is 7.60 Å². The molecule has 0 heterocycles. The summed E-state index contributed by atoms with van der Waals surface area (Å²) in [6.45, 7) is 0. The van der Waals surface area contributed by atoms with Crippen molar-refractivity contribution in [2.75, 3.05) is 6.35 Å². The number of hydrogen-bond donors (Lipinski definition) is 2. The van der Waals surface area contributed by atoms with Crippen LogP contribution in [0.2, 0.25) is 0 Å². The summed E-state index contributed by atoms with van der Waals surface area (Å²) < 4.78 is 9.38. The van der Waals surface area contributed by atoms with Gasteiger partial charge in [-0.15, -0.1) is 0 Å². The van der Waals surface area contributed by atoms with E-state index in [0.717, 1.165) is 0 Å². The molecular formula is CH4O4P. The largest absolute Gasteiger partial charge is 0.354 e. The van der Waals surface area contributed by atoms with Crippen LogP contribution in [0.3, 0.4) is 0 Å².